The molecule has 11 heavy (non-hydrogen) atoms. The first kappa shape index (κ1) is 6.03. The number of rotatable bonds is 1. The average molecular weight is 147 g/mol. The van der Waals surface area contributed by atoms with Crippen molar-refractivity contribution in [3.63, 3.8) is 0 Å². The lowest BCUT2D eigenvalue weighted by Gasteiger charge is -1.92. The summed E-state index contributed by atoms with van der Waals surface area (Å²) in [6.07, 6.45) is 3.31. The monoisotopic (exact) mass is 147 g/mol. The van der Waals surface area contributed by atoms with E-state index in [1.54, 1.807) is 29.0 Å². The maximum absolute atomic E-state index is 10.2. The Labute approximate surface area is 62.4 Å². The van der Waals surface area contributed by atoms with Crippen LogP contribution in [0.5, 0.6) is 0 Å². The number of nitroso groups, excluding NO2 is 1. The van der Waals surface area contributed by atoms with Crippen molar-refractivity contribution in [1.82, 2.24) is 9.61 Å². The molecule has 0 unspecified atom stereocenters. The Morgan fingerprint density at radius 3 is 3.18 bits per heavy atom. The Morgan fingerprint density at radius 2 is 2.36 bits per heavy atom. The first-order valence-corrected chi connectivity index (χ1v) is 3.17. The number of fused-ring (bicyclic) bond motifs is 1. The van der Waals surface area contributed by atoms with Crippen molar-refractivity contribution < 1.29 is 0 Å². The molecule has 0 aromatic carbocycles. The van der Waals surface area contributed by atoms with Crippen LogP contribution in [0.15, 0.2) is 35.8 Å². The molecule has 0 radical (unpaired) electrons. The second-order valence-corrected chi connectivity index (χ2v) is 2.15. The predicted octanol–water partition coefficient (Wildman–Crippen LogP) is 1.73. The Kier molecular flexibility index (Phi) is 1.18. The third kappa shape index (κ3) is 0.797. The van der Waals surface area contributed by atoms with Gasteiger partial charge in [0.2, 0.25) is 0 Å². The van der Waals surface area contributed by atoms with E-state index in [4.69, 9.17) is 0 Å². The summed E-state index contributed by atoms with van der Waals surface area (Å²) in [4.78, 5) is 10.2. The number of hydrogen-bond donors (Lipinski definition) is 0. The highest BCUT2D eigenvalue weighted by atomic mass is 16.3. The van der Waals surface area contributed by atoms with Gasteiger partial charge in [-0.15, -0.1) is 4.91 Å². The maximum Gasteiger partial charge on any atom is 0.135 e. The van der Waals surface area contributed by atoms with Crippen molar-refractivity contribution in [1.29, 1.82) is 0 Å². The van der Waals surface area contributed by atoms with Crippen LogP contribution in [-0.2, 0) is 0 Å². The molecule has 0 atom stereocenters. The molecule has 0 saturated carbocycles. The molecule has 2 rings (SSSR count). The molecule has 0 fully saturated rings. The lowest BCUT2D eigenvalue weighted by atomic mass is 10.4. The normalized spacial score (nSPS) is 10.2. The smallest absolute Gasteiger partial charge is 0.135 e. The summed E-state index contributed by atoms with van der Waals surface area (Å²) >= 11 is 0. The van der Waals surface area contributed by atoms with Crippen LogP contribution in [0.25, 0.3) is 5.52 Å². The number of aromatic nitrogens is 2. The molecule has 0 aliphatic carbocycles. The van der Waals surface area contributed by atoms with Crippen LogP contribution in [0.4, 0.5) is 5.69 Å². The molecule has 54 valence electrons. The SMILES string of the molecule is O=Nc1ccnn2cccc12. The third-order valence-corrected chi connectivity index (χ3v) is 1.51. The van der Waals surface area contributed by atoms with Gasteiger partial charge in [0.15, 0.2) is 0 Å². The van der Waals surface area contributed by atoms with Gasteiger partial charge in [0.05, 0.1) is 11.7 Å². The fraction of sp³-hybridized carbons (Fsp3) is 0. The van der Waals surface area contributed by atoms with E-state index >= 15 is 0 Å². The third-order valence-electron chi connectivity index (χ3n) is 1.51. The maximum atomic E-state index is 10.2. The minimum Gasteiger partial charge on any atom is -0.239 e. The lowest BCUT2D eigenvalue weighted by molar-refractivity contribution is 0.940. The molecule has 0 bridgehead atoms. The van der Waals surface area contributed by atoms with E-state index in [1.807, 2.05) is 6.07 Å². The second-order valence-electron chi connectivity index (χ2n) is 2.15. The summed E-state index contributed by atoms with van der Waals surface area (Å²) in [6, 6.07) is 5.20. The largest absolute Gasteiger partial charge is 0.239 e. The van der Waals surface area contributed by atoms with Crippen LogP contribution in [0, 0.1) is 4.91 Å². The number of hydrogen-bond acceptors (Lipinski definition) is 3. The van der Waals surface area contributed by atoms with Crippen LogP contribution >= 0.6 is 0 Å². The number of nitrogens with zero attached hydrogens (tertiary/aromatic N) is 3. The standard InChI is InChI=1S/C7H5N3O/c11-9-6-3-4-8-10-5-1-2-7(6)10/h1-5H. The van der Waals surface area contributed by atoms with Gasteiger partial charge in [0.25, 0.3) is 0 Å². The molecule has 2 aromatic heterocycles. The van der Waals surface area contributed by atoms with Gasteiger partial charge in [-0.3, -0.25) is 0 Å². The Balaban J connectivity index is 2.88. The molecule has 0 spiro atoms. The Hall–Kier alpha value is -1.71. The van der Waals surface area contributed by atoms with Crippen molar-refractivity contribution in [2.75, 3.05) is 0 Å². The van der Waals surface area contributed by atoms with Gasteiger partial charge in [-0.2, -0.15) is 5.10 Å². The van der Waals surface area contributed by atoms with Crippen LogP contribution in [0.2, 0.25) is 0 Å². The fourth-order valence-corrected chi connectivity index (χ4v) is 1.01. The summed E-state index contributed by atoms with van der Waals surface area (Å²) < 4.78 is 1.61. The predicted molar refractivity (Wildman–Crippen MR) is 40.6 cm³/mol. The highest BCUT2D eigenvalue weighted by molar-refractivity contribution is 5.67. The molecular formula is C7H5N3O. The van der Waals surface area contributed by atoms with Crippen LogP contribution < -0.4 is 0 Å². The molecule has 0 amide bonds. The summed E-state index contributed by atoms with van der Waals surface area (Å²) in [5.41, 5.74) is 1.16. The highest BCUT2D eigenvalue weighted by Crippen LogP contribution is 2.17. The van der Waals surface area contributed by atoms with Crippen molar-refractivity contribution in [2.24, 2.45) is 5.18 Å². The summed E-state index contributed by atoms with van der Waals surface area (Å²) in [5.74, 6) is 0. The van der Waals surface area contributed by atoms with E-state index < -0.39 is 0 Å². The summed E-state index contributed by atoms with van der Waals surface area (Å²) in [5, 5.41) is 6.83. The summed E-state index contributed by atoms with van der Waals surface area (Å²) in [7, 11) is 0. The van der Waals surface area contributed by atoms with Crippen LogP contribution in [0.3, 0.4) is 0 Å². The van der Waals surface area contributed by atoms with Crippen molar-refractivity contribution >= 4 is 11.2 Å². The second kappa shape index (κ2) is 2.16. The molecule has 4 nitrogen and oxygen atoms in total. The van der Waals surface area contributed by atoms with Crippen molar-refractivity contribution in [3.05, 3.63) is 35.5 Å². The zero-order valence-corrected chi connectivity index (χ0v) is 5.64. The first-order valence-electron chi connectivity index (χ1n) is 3.17. The molecule has 4 heteroatoms. The van der Waals surface area contributed by atoms with Crippen LogP contribution in [0.1, 0.15) is 0 Å². The van der Waals surface area contributed by atoms with Gasteiger partial charge in [0.1, 0.15) is 5.69 Å². The van der Waals surface area contributed by atoms with Gasteiger partial charge in [-0.1, -0.05) is 0 Å². The average Bonchev–Trinajstić information content (AvgIpc) is 2.50. The minimum absolute atomic E-state index is 0.421. The topological polar surface area (TPSA) is 46.7 Å². The Morgan fingerprint density at radius 1 is 1.45 bits per heavy atom. The van der Waals surface area contributed by atoms with E-state index in [-0.39, 0.29) is 0 Å². The zero-order valence-electron chi connectivity index (χ0n) is 5.64. The molecule has 0 aliphatic heterocycles. The summed E-state index contributed by atoms with van der Waals surface area (Å²) in [6.45, 7) is 0. The van der Waals surface area contributed by atoms with E-state index in [2.05, 4.69) is 10.3 Å². The fourth-order valence-electron chi connectivity index (χ4n) is 1.01. The van der Waals surface area contributed by atoms with E-state index in [9.17, 15) is 4.91 Å². The lowest BCUT2D eigenvalue weighted by Crippen LogP contribution is -1.85. The van der Waals surface area contributed by atoms with Gasteiger partial charge in [-0.05, 0) is 23.4 Å². The molecule has 2 aromatic rings. The highest BCUT2D eigenvalue weighted by Gasteiger charge is 1.98. The van der Waals surface area contributed by atoms with Crippen molar-refractivity contribution in [2.45, 2.75) is 0 Å². The van der Waals surface area contributed by atoms with Gasteiger partial charge in [0, 0.05) is 6.20 Å². The molecule has 0 saturated heterocycles. The van der Waals surface area contributed by atoms with Gasteiger partial charge >= 0.3 is 0 Å². The van der Waals surface area contributed by atoms with E-state index in [1.165, 1.54) is 0 Å². The molecule has 0 N–H and O–H groups in total. The zero-order chi connectivity index (χ0) is 7.68. The molecule has 2 heterocycles. The van der Waals surface area contributed by atoms with Gasteiger partial charge < -0.3 is 0 Å². The van der Waals surface area contributed by atoms with E-state index in [0.717, 1.165) is 5.52 Å². The molecular weight excluding hydrogens is 142 g/mol. The van der Waals surface area contributed by atoms with E-state index in [0.29, 0.717) is 5.69 Å². The van der Waals surface area contributed by atoms with Crippen molar-refractivity contribution in [3.8, 4) is 0 Å². The van der Waals surface area contributed by atoms with Crippen LogP contribution in [-0.4, -0.2) is 9.61 Å². The minimum atomic E-state index is 0.421. The molecule has 0 aliphatic rings. The van der Waals surface area contributed by atoms with Gasteiger partial charge in [-0.25, -0.2) is 4.52 Å². The first-order chi connectivity index (χ1) is 5.42. The quantitative estimate of drug-likeness (QED) is 0.576. The Bertz CT molecular complexity index is 393.